The number of carboxylic acids is 1. The molecular formula is C12H17NO3S. The molecule has 1 saturated heterocycles. The molecule has 5 heteroatoms. The Labute approximate surface area is 105 Å². The van der Waals surface area contributed by atoms with Crippen LogP contribution in [-0.4, -0.2) is 42.3 Å². The van der Waals surface area contributed by atoms with Gasteiger partial charge in [0, 0.05) is 17.5 Å². The summed E-state index contributed by atoms with van der Waals surface area (Å²) in [6.07, 6.45) is 0. The van der Waals surface area contributed by atoms with Gasteiger partial charge in [-0.2, -0.15) is 0 Å². The molecule has 0 bridgehead atoms. The number of aliphatic carboxylic acids is 1. The second kappa shape index (κ2) is 5.16. The Hall–Kier alpha value is -0.910. The number of carbonyl (C=O) groups is 1. The lowest BCUT2D eigenvalue weighted by Crippen LogP contribution is -2.40. The van der Waals surface area contributed by atoms with Gasteiger partial charge in [0.1, 0.15) is 0 Å². The molecule has 17 heavy (non-hydrogen) atoms. The molecule has 1 aliphatic heterocycles. The molecular weight excluding hydrogens is 238 g/mol. The highest BCUT2D eigenvalue weighted by molar-refractivity contribution is 7.10. The quantitative estimate of drug-likeness (QED) is 0.887. The highest BCUT2D eigenvalue weighted by atomic mass is 32.1. The first-order valence-electron chi connectivity index (χ1n) is 5.63. The average molecular weight is 255 g/mol. The molecule has 0 amide bonds. The van der Waals surface area contributed by atoms with Gasteiger partial charge >= 0.3 is 5.97 Å². The summed E-state index contributed by atoms with van der Waals surface area (Å²) in [5.74, 6) is -1.16. The van der Waals surface area contributed by atoms with E-state index in [2.05, 4.69) is 23.3 Å². The summed E-state index contributed by atoms with van der Waals surface area (Å²) in [6, 6.07) is 2.07. The number of thiophene rings is 1. The van der Waals surface area contributed by atoms with Gasteiger partial charge in [-0.05, 0) is 31.0 Å². The van der Waals surface area contributed by atoms with E-state index in [1.54, 1.807) is 11.3 Å². The monoisotopic (exact) mass is 255 g/mol. The zero-order valence-electron chi connectivity index (χ0n) is 10.0. The molecule has 0 aromatic carbocycles. The fourth-order valence-corrected chi connectivity index (χ4v) is 3.09. The number of hydrogen-bond acceptors (Lipinski definition) is 4. The number of aryl methyl sites for hydroxylation is 1. The maximum atomic E-state index is 11.1. The Morgan fingerprint density at radius 2 is 2.41 bits per heavy atom. The van der Waals surface area contributed by atoms with Crippen LogP contribution in [0.3, 0.4) is 0 Å². The summed E-state index contributed by atoms with van der Waals surface area (Å²) >= 11 is 1.72. The van der Waals surface area contributed by atoms with Gasteiger partial charge < -0.3 is 9.84 Å². The molecule has 1 fully saturated rings. The Bertz CT molecular complexity index is 404. The third-order valence-corrected chi connectivity index (χ3v) is 4.30. The standard InChI is InChI=1S/C12H17NO3S/c1-8-3-4-17-11(8)5-13(2)10-7-16-6-9(10)12(14)15/h3-4,9-10H,5-7H2,1-2H3,(H,14,15). The van der Waals surface area contributed by atoms with Gasteiger partial charge in [-0.25, -0.2) is 0 Å². The van der Waals surface area contributed by atoms with Crippen LogP contribution in [0.2, 0.25) is 0 Å². The van der Waals surface area contributed by atoms with Crippen LogP contribution < -0.4 is 0 Å². The van der Waals surface area contributed by atoms with Crippen LogP contribution in [0.4, 0.5) is 0 Å². The predicted octanol–water partition coefficient (Wildman–Crippen LogP) is 1.59. The van der Waals surface area contributed by atoms with Gasteiger partial charge in [-0.3, -0.25) is 9.69 Å². The van der Waals surface area contributed by atoms with Crippen LogP contribution in [-0.2, 0) is 16.1 Å². The molecule has 2 atom stereocenters. The molecule has 1 aromatic rings. The summed E-state index contributed by atoms with van der Waals surface area (Å²) in [5, 5.41) is 11.2. The predicted molar refractivity (Wildman–Crippen MR) is 66.3 cm³/mol. The van der Waals surface area contributed by atoms with Crippen molar-refractivity contribution in [2.75, 3.05) is 20.3 Å². The molecule has 0 radical (unpaired) electrons. The second-order valence-corrected chi connectivity index (χ2v) is 5.49. The fourth-order valence-electron chi connectivity index (χ4n) is 2.12. The normalized spacial score (nSPS) is 24.4. The summed E-state index contributed by atoms with van der Waals surface area (Å²) in [5.41, 5.74) is 1.27. The van der Waals surface area contributed by atoms with Gasteiger partial charge in [-0.15, -0.1) is 11.3 Å². The molecule has 0 spiro atoms. The summed E-state index contributed by atoms with van der Waals surface area (Å²) in [7, 11) is 1.97. The lowest BCUT2D eigenvalue weighted by atomic mass is 10.0. The first kappa shape index (κ1) is 12.5. The SMILES string of the molecule is Cc1ccsc1CN(C)C1COCC1C(=O)O. The highest BCUT2D eigenvalue weighted by Crippen LogP contribution is 2.23. The van der Waals surface area contributed by atoms with Gasteiger partial charge in [0.25, 0.3) is 0 Å². The first-order chi connectivity index (χ1) is 8.09. The van der Waals surface area contributed by atoms with Crippen molar-refractivity contribution >= 4 is 17.3 Å². The van der Waals surface area contributed by atoms with Crippen molar-refractivity contribution in [2.24, 2.45) is 5.92 Å². The number of ether oxygens (including phenoxy) is 1. The third-order valence-electron chi connectivity index (χ3n) is 3.30. The van der Waals surface area contributed by atoms with E-state index < -0.39 is 11.9 Å². The molecule has 1 aliphatic rings. The molecule has 94 valence electrons. The maximum Gasteiger partial charge on any atom is 0.310 e. The van der Waals surface area contributed by atoms with E-state index in [1.807, 2.05) is 7.05 Å². The number of likely N-dealkylation sites (N-methyl/N-ethyl adjacent to an activating group) is 1. The van der Waals surface area contributed by atoms with E-state index >= 15 is 0 Å². The third kappa shape index (κ3) is 2.68. The Balaban J connectivity index is 2.02. The molecule has 0 aliphatic carbocycles. The summed E-state index contributed by atoms with van der Waals surface area (Å²) in [4.78, 5) is 14.5. The summed E-state index contributed by atoms with van der Waals surface area (Å²) in [6.45, 7) is 3.71. The van der Waals surface area contributed by atoms with Crippen LogP contribution in [0.5, 0.6) is 0 Å². The van der Waals surface area contributed by atoms with Crippen molar-refractivity contribution in [1.82, 2.24) is 4.90 Å². The first-order valence-corrected chi connectivity index (χ1v) is 6.51. The van der Waals surface area contributed by atoms with E-state index in [9.17, 15) is 4.79 Å². The van der Waals surface area contributed by atoms with Crippen LogP contribution >= 0.6 is 11.3 Å². The van der Waals surface area contributed by atoms with Crippen molar-refractivity contribution in [3.63, 3.8) is 0 Å². The Morgan fingerprint density at radius 1 is 1.65 bits per heavy atom. The largest absolute Gasteiger partial charge is 0.481 e. The summed E-state index contributed by atoms with van der Waals surface area (Å²) < 4.78 is 5.28. The van der Waals surface area contributed by atoms with Crippen molar-refractivity contribution in [3.8, 4) is 0 Å². The van der Waals surface area contributed by atoms with Gasteiger partial charge in [0.05, 0.1) is 19.1 Å². The van der Waals surface area contributed by atoms with E-state index in [0.717, 1.165) is 6.54 Å². The zero-order valence-corrected chi connectivity index (χ0v) is 10.9. The minimum Gasteiger partial charge on any atom is -0.481 e. The number of carboxylic acid groups (broad SMARTS) is 1. The number of hydrogen-bond donors (Lipinski definition) is 1. The van der Waals surface area contributed by atoms with Crippen LogP contribution in [0.15, 0.2) is 11.4 Å². The van der Waals surface area contributed by atoms with Crippen LogP contribution in [0.1, 0.15) is 10.4 Å². The van der Waals surface area contributed by atoms with Crippen LogP contribution in [0.25, 0.3) is 0 Å². The van der Waals surface area contributed by atoms with Gasteiger partial charge in [-0.1, -0.05) is 0 Å². The average Bonchev–Trinajstić information content (AvgIpc) is 2.87. The Morgan fingerprint density at radius 3 is 3.00 bits per heavy atom. The minimum atomic E-state index is -0.762. The van der Waals surface area contributed by atoms with Crippen LogP contribution in [0, 0.1) is 12.8 Å². The van der Waals surface area contributed by atoms with Crippen molar-refractivity contribution in [1.29, 1.82) is 0 Å². The van der Waals surface area contributed by atoms with E-state index in [0.29, 0.717) is 13.2 Å². The minimum absolute atomic E-state index is 0.0194. The molecule has 4 nitrogen and oxygen atoms in total. The smallest absolute Gasteiger partial charge is 0.310 e. The topological polar surface area (TPSA) is 49.8 Å². The lowest BCUT2D eigenvalue weighted by Gasteiger charge is -2.25. The lowest BCUT2D eigenvalue weighted by molar-refractivity contribution is -0.143. The Kier molecular flexibility index (Phi) is 3.81. The molecule has 1 N–H and O–H groups in total. The second-order valence-electron chi connectivity index (χ2n) is 4.49. The van der Waals surface area contributed by atoms with Crippen molar-refractivity contribution < 1.29 is 14.6 Å². The van der Waals surface area contributed by atoms with Gasteiger partial charge in [0.15, 0.2) is 0 Å². The molecule has 2 unspecified atom stereocenters. The molecule has 2 rings (SSSR count). The van der Waals surface area contributed by atoms with E-state index in [-0.39, 0.29) is 6.04 Å². The highest BCUT2D eigenvalue weighted by Gasteiger charge is 2.36. The number of nitrogens with zero attached hydrogens (tertiary/aromatic N) is 1. The fraction of sp³-hybridized carbons (Fsp3) is 0.583. The zero-order chi connectivity index (χ0) is 12.4. The van der Waals surface area contributed by atoms with E-state index in [1.165, 1.54) is 10.4 Å². The molecule has 1 aromatic heterocycles. The van der Waals surface area contributed by atoms with Crippen molar-refractivity contribution in [2.45, 2.75) is 19.5 Å². The van der Waals surface area contributed by atoms with Gasteiger partial charge in [0.2, 0.25) is 0 Å². The molecule has 0 saturated carbocycles. The molecule has 2 heterocycles. The number of rotatable bonds is 4. The van der Waals surface area contributed by atoms with Crippen molar-refractivity contribution in [3.05, 3.63) is 21.9 Å². The van der Waals surface area contributed by atoms with E-state index in [4.69, 9.17) is 9.84 Å². The maximum absolute atomic E-state index is 11.1.